The van der Waals surface area contributed by atoms with Crippen LogP contribution in [0.3, 0.4) is 0 Å². The van der Waals surface area contributed by atoms with E-state index in [2.05, 4.69) is 10.5 Å². The van der Waals surface area contributed by atoms with Crippen molar-refractivity contribution in [2.24, 2.45) is 0 Å². The number of aromatic nitrogens is 1. The second kappa shape index (κ2) is 7.99. The van der Waals surface area contributed by atoms with Crippen molar-refractivity contribution in [3.8, 4) is 28.6 Å². The highest BCUT2D eigenvalue weighted by atomic mass is 16.5. The van der Waals surface area contributed by atoms with Crippen LogP contribution in [0.25, 0.3) is 11.3 Å². The van der Waals surface area contributed by atoms with Gasteiger partial charge in [-0.3, -0.25) is 4.79 Å². The van der Waals surface area contributed by atoms with Crippen molar-refractivity contribution < 1.29 is 18.8 Å². The van der Waals surface area contributed by atoms with Gasteiger partial charge in [0.05, 0.1) is 19.6 Å². The molecule has 5 rings (SSSR count). The van der Waals surface area contributed by atoms with Crippen LogP contribution >= 0.6 is 0 Å². The van der Waals surface area contributed by atoms with Gasteiger partial charge in [0.1, 0.15) is 22.9 Å². The molecule has 6 heteroatoms. The van der Waals surface area contributed by atoms with Gasteiger partial charge in [-0.2, -0.15) is 0 Å². The molecule has 6 nitrogen and oxygen atoms in total. The largest absolute Gasteiger partial charge is 0.497 e. The first-order valence-corrected chi connectivity index (χ1v) is 9.96. The van der Waals surface area contributed by atoms with Gasteiger partial charge in [-0.1, -0.05) is 53.7 Å². The number of para-hydroxylation sites is 2. The number of amides is 1. The summed E-state index contributed by atoms with van der Waals surface area (Å²) in [5.74, 6) is 2.18. The Labute approximate surface area is 179 Å². The lowest BCUT2D eigenvalue weighted by molar-refractivity contribution is -0.122. The van der Waals surface area contributed by atoms with Gasteiger partial charge >= 0.3 is 0 Å². The number of hydrogen-bond acceptors (Lipinski definition) is 5. The van der Waals surface area contributed by atoms with Crippen LogP contribution in [0.4, 0.5) is 0 Å². The summed E-state index contributed by atoms with van der Waals surface area (Å²) >= 11 is 0. The molecular formula is C25H20N2O4. The van der Waals surface area contributed by atoms with Gasteiger partial charge in [0.15, 0.2) is 5.76 Å². The molecule has 0 saturated heterocycles. The number of nitrogens with zero attached hydrogens (tertiary/aromatic N) is 1. The lowest BCUT2D eigenvalue weighted by Crippen LogP contribution is -2.31. The van der Waals surface area contributed by atoms with Crippen molar-refractivity contribution in [2.45, 2.75) is 12.5 Å². The predicted molar refractivity (Wildman–Crippen MR) is 115 cm³/mol. The lowest BCUT2D eigenvalue weighted by atomic mass is 9.87. The van der Waals surface area contributed by atoms with Gasteiger partial charge in [0, 0.05) is 22.8 Å². The highest BCUT2D eigenvalue weighted by Crippen LogP contribution is 2.43. The molecule has 0 bridgehead atoms. The fraction of sp³-hybridized carbons (Fsp3) is 0.120. The van der Waals surface area contributed by atoms with Gasteiger partial charge in [-0.05, 0) is 24.3 Å². The van der Waals surface area contributed by atoms with E-state index in [9.17, 15) is 4.79 Å². The van der Waals surface area contributed by atoms with E-state index in [1.807, 2.05) is 78.9 Å². The molecule has 0 atom stereocenters. The van der Waals surface area contributed by atoms with Gasteiger partial charge in [0.25, 0.3) is 0 Å². The van der Waals surface area contributed by atoms with Crippen molar-refractivity contribution in [1.82, 2.24) is 10.5 Å². The van der Waals surface area contributed by atoms with Gasteiger partial charge in [-0.25, -0.2) is 0 Å². The first kappa shape index (κ1) is 18.9. The van der Waals surface area contributed by atoms with Gasteiger partial charge in [-0.15, -0.1) is 0 Å². The summed E-state index contributed by atoms with van der Waals surface area (Å²) in [7, 11) is 1.62. The molecule has 2 heterocycles. The summed E-state index contributed by atoms with van der Waals surface area (Å²) in [6.07, 6.45) is 0. The van der Waals surface area contributed by atoms with Crippen LogP contribution in [0.1, 0.15) is 22.7 Å². The Morgan fingerprint density at radius 2 is 1.68 bits per heavy atom. The van der Waals surface area contributed by atoms with Crippen molar-refractivity contribution in [3.05, 3.63) is 95.7 Å². The highest BCUT2D eigenvalue weighted by Gasteiger charge is 2.32. The molecule has 0 unspecified atom stereocenters. The molecule has 1 amide bonds. The Bertz CT molecular complexity index is 1200. The van der Waals surface area contributed by atoms with E-state index in [4.69, 9.17) is 14.0 Å². The second-order valence-electron chi connectivity index (χ2n) is 7.24. The lowest BCUT2D eigenvalue weighted by Gasteiger charge is -2.27. The average molecular weight is 412 g/mol. The molecule has 1 aliphatic rings. The van der Waals surface area contributed by atoms with Crippen molar-refractivity contribution in [3.63, 3.8) is 0 Å². The Balaban J connectivity index is 1.36. The monoisotopic (exact) mass is 412 g/mol. The van der Waals surface area contributed by atoms with Crippen molar-refractivity contribution in [2.75, 3.05) is 7.11 Å². The minimum atomic E-state index is -0.453. The maximum absolute atomic E-state index is 13.2. The van der Waals surface area contributed by atoms with Crippen molar-refractivity contribution in [1.29, 1.82) is 0 Å². The molecule has 1 N–H and O–H groups in total. The van der Waals surface area contributed by atoms with E-state index in [1.165, 1.54) is 0 Å². The standard InChI is InChI=1S/C25H20N2O4/c1-29-18-8-6-7-16(13-18)23-14-17(27-31-23)15-26-25(28)24-19-9-2-4-11-21(19)30-22-12-5-3-10-20(22)24/h2-14,24H,15H2,1H3,(H,26,28). The highest BCUT2D eigenvalue weighted by molar-refractivity contribution is 5.89. The average Bonchev–Trinajstić information content (AvgIpc) is 3.30. The number of nitrogens with one attached hydrogen (secondary N) is 1. The molecule has 0 aliphatic carbocycles. The smallest absolute Gasteiger partial charge is 0.232 e. The van der Waals surface area contributed by atoms with E-state index in [-0.39, 0.29) is 12.5 Å². The minimum Gasteiger partial charge on any atom is -0.497 e. The Kier molecular flexibility index (Phi) is 4.88. The molecule has 3 aromatic carbocycles. The van der Waals surface area contributed by atoms with Crippen LogP contribution < -0.4 is 14.8 Å². The summed E-state index contributed by atoms with van der Waals surface area (Å²) in [4.78, 5) is 13.2. The number of rotatable bonds is 5. The van der Waals surface area contributed by atoms with Gasteiger partial charge in [0.2, 0.25) is 5.91 Å². The summed E-state index contributed by atoms with van der Waals surface area (Å²) in [5, 5.41) is 7.09. The Morgan fingerprint density at radius 1 is 0.968 bits per heavy atom. The van der Waals surface area contributed by atoms with Crippen LogP contribution in [0, 0.1) is 0 Å². The minimum absolute atomic E-state index is 0.117. The van der Waals surface area contributed by atoms with Crippen LogP contribution in [-0.4, -0.2) is 18.2 Å². The van der Waals surface area contributed by atoms with Gasteiger partial charge < -0.3 is 19.3 Å². The molecule has 1 aromatic heterocycles. The van der Waals surface area contributed by atoms with Crippen LogP contribution in [0.2, 0.25) is 0 Å². The molecule has 0 radical (unpaired) electrons. The van der Waals surface area contributed by atoms with Crippen LogP contribution in [0.5, 0.6) is 17.2 Å². The second-order valence-corrected chi connectivity index (χ2v) is 7.24. The zero-order chi connectivity index (χ0) is 21.2. The Morgan fingerprint density at radius 3 is 2.39 bits per heavy atom. The molecule has 154 valence electrons. The maximum atomic E-state index is 13.2. The number of carbonyl (C=O) groups is 1. The fourth-order valence-electron chi connectivity index (χ4n) is 3.78. The quantitative estimate of drug-likeness (QED) is 0.504. The number of carbonyl (C=O) groups excluding carboxylic acids is 1. The molecule has 0 fully saturated rings. The molecule has 4 aromatic rings. The molecule has 31 heavy (non-hydrogen) atoms. The number of ether oxygens (including phenoxy) is 2. The number of hydrogen-bond donors (Lipinski definition) is 1. The van der Waals surface area contributed by atoms with Crippen LogP contribution in [0.15, 0.2) is 83.4 Å². The third-order valence-corrected chi connectivity index (χ3v) is 5.30. The summed E-state index contributed by atoms with van der Waals surface area (Å²) in [5.41, 5.74) is 3.18. The van der Waals surface area contributed by atoms with E-state index >= 15 is 0 Å². The van der Waals surface area contributed by atoms with E-state index in [0.717, 1.165) is 22.4 Å². The zero-order valence-electron chi connectivity index (χ0n) is 16.9. The fourth-order valence-corrected chi connectivity index (χ4v) is 3.78. The first-order valence-electron chi connectivity index (χ1n) is 9.96. The maximum Gasteiger partial charge on any atom is 0.232 e. The number of benzene rings is 3. The molecular weight excluding hydrogens is 392 g/mol. The summed E-state index contributed by atoms with van der Waals surface area (Å²) in [6.45, 7) is 0.258. The zero-order valence-corrected chi connectivity index (χ0v) is 16.9. The molecule has 0 saturated carbocycles. The molecule has 0 spiro atoms. The van der Waals surface area contributed by atoms with E-state index < -0.39 is 5.92 Å². The summed E-state index contributed by atoms with van der Waals surface area (Å²) in [6, 6.07) is 24.6. The van der Waals surface area contributed by atoms with E-state index in [0.29, 0.717) is 23.0 Å². The summed E-state index contributed by atoms with van der Waals surface area (Å²) < 4.78 is 16.7. The normalized spacial score (nSPS) is 12.4. The van der Waals surface area contributed by atoms with Crippen LogP contribution in [-0.2, 0) is 11.3 Å². The first-order chi connectivity index (χ1) is 15.2. The number of methoxy groups -OCH3 is 1. The van der Waals surface area contributed by atoms with Crippen molar-refractivity contribution >= 4 is 5.91 Å². The molecule has 1 aliphatic heterocycles. The third-order valence-electron chi connectivity index (χ3n) is 5.30. The Hall–Kier alpha value is -4.06. The number of fused-ring (bicyclic) bond motifs is 2. The SMILES string of the molecule is COc1cccc(-c2cc(CNC(=O)C3c4ccccc4Oc4ccccc43)no2)c1. The predicted octanol–water partition coefficient (Wildman–Crippen LogP) is 4.90. The van der Waals surface area contributed by atoms with E-state index in [1.54, 1.807) is 7.11 Å². The third kappa shape index (κ3) is 3.64. The topological polar surface area (TPSA) is 73.6 Å².